The van der Waals surface area contributed by atoms with Crippen molar-refractivity contribution in [1.29, 1.82) is 0 Å². The molecule has 4 atom stereocenters. The summed E-state index contributed by atoms with van der Waals surface area (Å²) in [6, 6.07) is 0. The highest BCUT2D eigenvalue weighted by atomic mass is 16.4. The summed E-state index contributed by atoms with van der Waals surface area (Å²) in [4.78, 5) is 34.0. The van der Waals surface area contributed by atoms with E-state index in [2.05, 4.69) is 26.1 Å². The molecule has 0 spiro atoms. The lowest BCUT2D eigenvalue weighted by Gasteiger charge is -2.36. The van der Waals surface area contributed by atoms with Crippen LogP contribution in [0.2, 0.25) is 0 Å². The number of carboxylic acid groups (broad SMARTS) is 1. The Morgan fingerprint density at radius 2 is 1.88 bits per heavy atom. The lowest BCUT2D eigenvalue weighted by molar-refractivity contribution is -0.129. The highest BCUT2D eigenvalue weighted by molar-refractivity contribution is 5.93. The van der Waals surface area contributed by atoms with Crippen LogP contribution < -0.4 is 5.32 Å². The van der Waals surface area contributed by atoms with Gasteiger partial charge in [0.15, 0.2) is 0 Å². The van der Waals surface area contributed by atoms with Gasteiger partial charge >= 0.3 is 6.09 Å². The molecule has 4 unspecified atom stereocenters. The number of imide groups is 1. The number of nitrogens with zero attached hydrogens (tertiary/aromatic N) is 1. The number of hydrogen-bond acceptors (Lipinski definition) is 3. The van der Waals surface area contributed by atoms with E-state index < -0.39 is 6.09 Å². The van der Waals surface area contributed by atoms with Crippen LogP contribution in [0.15, 0.2) is 0 Å². The molecule has 2 aliphatic rings. The number of nitrogens with one attached hydrogen (secondary N) is 1. The minimum absolute atomic E-state index is 0.115. The van der Waals surface area contributed by atoms with Gasteiger partial charge in [0.25, 0.3) is 0 Å². The van der Waals surface area contributed by atoms with Crippen LogP contribution in [0.25, 0.3) is 0 Å². The number of carbonyl (C=O) groups excluding carboxylic acids is 2. The normalized spacial score (nSPS) is 29.2. The Kier molecular flexibility index (Phi) is 8.39. The van der Waals surface area contributed by atoms with E-state index >= 15 is 0 Å². The summed E-state index contributed by atoms with van der Waals surface area (Å²) in [5.74, 6) is 2.09. The summed E-state index contributed by atoms with van der Waals surface area (Å²) in [6.45, 7) is 11.6. The van der Waals surface area contributed by atoms with Gasteiger partial charge in [0.05, 0.1) is 0 Å². The van der Waals surface area contributed by atoms with E-state index in [1.165, 1.54) is 12.8 Å². The Bertz CT molecular complexity index is 478. The van der Waals surface area contributed by atoms with Crippen molar-refractivity contribution in [3.63, 3.8) is 0 Å². The third kappa shape index (κ3) is 6.01. The van der Waals surface area contributed by atoms with E-state index in [9.17, 15) is 14.4 Å². The topological polar surface area (TPSA) is 86.7 Å². The van der Waals surface area contributed by atoms with Crippen LogP contribution in [0.1, 0.15) is 60.3 Å². The Morgan fingerprint density at radius 1 is 1.24 bits per heavy atom. The van der Waals surface area contributed by atoms with Crippen molar-refractivity contribution in [2.75, 3.05) is 13.1 Å². The quantitative estimate of drug-likeness (QED) is 0.813. The first-order valence-electron chi connectivity index (χ1n) is 9.50. The van der Waals surface area contributed by atoms with Crippen molar-refractivity contribution >= 4 is 17.9 Å². The molecule has 0 aromatic carbocycles. The predicted molar refractivity (Wildman–Crippen MR) is 97.0 cm³/mol. The molecule has 2 fully saturated rings. The molecule has 144 valence electrons. The summed E-state index contributed by atoms with van der Waals surface area (Å²) < 4.78 is 0. The largest absolute Gasteiger partial charge is 0.465 e. The second kappa shape index (κ2) is 9.78. The van der Waals surface area contributed by atoms with Crippen molar-refractivity contribution in [3.8, 4) is 0 Å². The van der Waals surface area contributed by atoms with Crippen molar-refractivity contribution in [2.24, 2.45) is 29.6 Å². The maximum absolute atomic E-state index is 11.9. The fraction of sp³-hybridized carbons (Fsp3) is 0.842. The standard InChI is InChI=1S/C13H25NO.C6H9NO3/c1-5-14-13(15)12-8-10(4)6-7-11(12)9(2)3;1-4-2-3-7(5(4)8)6(9)10/h9-12H,5-8H2,1-4H3,(H,14,15);4H,2-3H2,1H3,(H,9,10). The minimum Gasteiger partial charge on any atom is -0.465 e. The van der Waals surface area contributed by atoms with E-state index in [0.717, 1.165) is 17.9 Å². The van der Waals surface area contributed by atoms with Gasteiger partial charge in [-0.05, 0) is 43.9 Å². The molecule has 0 bridgehead atoms. The molecule has 1 heterocycles. The van der Waals surface area contributed by atoms with Crippen molar-refractivity contribution in [2.45, 2.75) is 60.3 Å². The first-order chi connectivity index (χ1) is 11.7. The molecule has 2 rings (SSSR count). The molecule has 1 saturated carbocycles. The van der Waals surface area contributed by atoms with Crippen LogP contribution in [0.4, 0.5) is 4.79 Å². The Labute approximate surface area is 151 Å². The Hall–Kier alpha value is -1.59. The molecule has 6 nitrogen and oxygen atoms in total. The third-order valence-electron chi connectivity index (χ3n) is 5.41. The molecule has 6 heteroatoms. The fourth-order valence-corrected chi connectivity index (χ4v) is 3.82. The molecule has 1 aliphatic carbocycles. The molecule has 3 amide bonds. The number of rotatable bonds is 3. The summed E-state index contributed by atoms with van der Waals surface area (Å²) in [7, 11) is 0. The number of hydrogen-bond donors (Lipinski definition) is 2. The van der Waals surface area contributed by atoms with Crippen molar-refractivity contribution < 1.29 is 19.5 Å². The van der Waals surface area contributed by atoms with Gasteiger partial charge < -0.3 is 10.4 Å². The summed E-state index contributed by atoms with van der Waals surface area (Å²) in [6.07, 6.45) is 3.12. The first kappa shape index (κ1) is 21.5. The first-order valence-corrected chi connectivity index (χ1v) is 9.50. The molecular formula is C19H34N2O4. The SMILES string of the molecule is CC1CCN(C(=O)O)C1=O.CCNC(=O)C1CC(C)CCC1C(C)C. The van der Waals surface area contributed by atoms with Crippen LogP contribution in [-0.2, 0) is 9.59 Å². The summed E-state index contributed by atoms with van der Waals surface area (Å²) >= 11 is 0. The molecule has 1 aliphatic heterocycles. The van der Waals surface area contributed by atoms with Gasteiger partial charge in [-0.25, -0.2) is 9.69 Å². The highest BCUT2D eigenvalue weighted by Gasteiger charge is 2.35. The average Bonchev–Trinajstić information content (AvgIpc) is 2.87. The van der Waals surface area contributed by atoms with E-state index in [4.69, 9.17) is 5.11 Å². The predicted octanol–water partition coefficient (Wildman–Crippen LogP) is 3.36. The zero-order chi connectivity index (χ0) is 19.1. The van der Waals surface area contributed by atoms with Gasteiger partial charge in [-0.1, -0.05) is 34.1 Å². The summed E-state index contributed by atoms with van der Waals surface area (Å²) in [5.41, 5.74) is 0. The third-order valence-corrected chi connectivity index (χ3v) is 5.41. The maximum atomic E-state index is 11.9. The average molecular weight is 354 g/mol. The van der Waals surface area contributed by atoms with E-state index in [0.29, 0.717) is 30.7 Å². The van der Waals surface area contributed by atoms with Crippen LogP contribution in [0, 0.1) is 29.6 Å². The second-order valence-corrected chi connectivity index (χ2v) is 7.79. The number of carbonyl (C=O) groups is 3. The van der Waals surface area contributed by atoms with Crippen LogP contribution in [0.5, 0.6) is 0 Å². The number of amides is 3. The zero-order valence-corrected chi connectivity index (χ0v) is 16.2. The van der Waals surface area contributed by atoms with Gasteiger partial charge in [-0.2, -0.15) is 0 Å². The molecular weight excluding hydrogens is 320 g/mol. The van der Waals surface area contributed by atoms with Crippen LogP contribution in [0.3, 0.4) is 0 Å². The Morgan fingerprint density at radius 3 is 2.28 bits per heavy atom. The van der Waals surface area contributed by atoms with E-state index in [-0.39, 0.29) is 23.7 Å². The highest BCUT2D eigenvalue weighted by Crippen LogP contribution is 2.37. The minimum atomic E-state index is -1.13. The molecule has 0 aromatic rings. The van der Waals surface area contributed by atoms with Crippen LogP contribution in [-0.4, -0.2) is 41.0 Å². The maximum Gasteiger partial charge on any atom is 0.414 e. The molecule has 0 radical (unpaired) electrons. The van der Waals surface area contributed by atoms with Crippen LogP contribution >= 0.6 is 0 Å². The lowest BCUT2D eigenvalue weighted by atomic mass is 9.70. The van der Waals surface area contributed by atoms with Gasteiger partial charge in [0, 0.05) is 24.9 Å². The van der Waals surface area contributed by atoms with E-state index in [1.807, 2.05) is 6.92 Å². The molecule has 0 aromatic heterocycles. The number of likely N-dealkylation sites (tertiary alicyclic amines) is 1. The van der Waals surface area contributed by atoms with E-state index in [1.54, 1.807) is 6.92 Å². The lowest BCUT2D eigenvalue weighted by Crippen LogP contribution is -2.40. The van der Waals surface area contributed by atoms with Crippen molar-refractivity contribution in [1.82, 2.24) is 10.2 Å². The zero-order valence-electron chi connectivity index (χ0n) is 16.2. The van der Waals surface area contributed by atoms with Crippen molar-refractivity contribution in [3.05, 3.63) is 0 Å². The summed E-state index contributed by atoms with van der Waals surface area (Å²) in [5, 5.41) is 11.4. The second-order valence-electron chi connectivity index (χ2n) is 7.79. The molecule has 2 N–H and O–H groups in total. The smallest absolute Gasteiger partial charge is 0.414 e. The van der Waals surface area contributed by atoms with Gasteiger partial charge in [0.1, 0.15) is 0 Å². The van der Waals surface area contributed by atoms with Gasteiger partial charge in [-0.3, -0.25) is 9.59 Å². The molecule has 1 saturated heterocycles. The van der Waals surface area contributed by atoms with Gasteiger partial charge in [-0.15, -0.1) is 0 Å². The van der Waals surface area contributed by atoms with Gasteiger partial charge in [0.2, 0.25) is 11.8 Å². The fourth-order valence-electron chi connectivity index (χ4n) is 3.82. The Balaban J connectivity index is 0.000000271. The molecule has 25 heavy (non-hydrogen) atoms. The monoisotopic (exact) mass is 354 g/mol.